The fourth-order valence-electron chi connectivity index (χ4n) is 1.84. The Morgan fingerprint density at radius 3 is 2.62 bits per heavy atom. The normalized spacial score (nSPS) is 20.8. The molecule has 2 N–H and O–H groups in total. The van der Waals surface area contributed by atoms with Crippen molar-refractivity contribution in [2.45, 2.75) is 32.2 Å². The van der Waals surface area contributed by atoms with Crippen molar-refractivity contribution in [2.75, 3.05) is 32.8 Å². The number of aliphatic hydroxyl groups is 1. The molecule has 0 spiro atoms. The Morgan fingerprint density at radius 1 is 1.38 bits per heavy atom. The number of nitrogens with zero attached hydrogens (tertiary/aromatic N) is 1. The first kappa shape index (κ1) is 11.0. The van der Waals surface area contributed by atoms with Crippen molar-refractivity contribution in [3.63, 3.8) is 0 Å². The maximum atomic E-state index is 8.63. The van der Waals surface area contributed by atoms with Crippen LogP contribution in [0.1, 0.15) is 26.2 Å². The van der Waals surface area contributed by atoms with Crippen molar-refractivity contribution in [3.05, 3.63) is 0 Å². The smallest absolute Gasteiger partial charge is 0.0443 e. The van der Waals surface area contributed by atoms with Gasteiger partial charge in [-0.2, -0.15) is 0 Å². The number of aliphatic hydroxyl groups excluding tert-OH is 1. The van der Waals surface area contributed by atoms with Gasteiger partial charge in [0.05, 0.1) is 0 Å². The van der Waals surface area contributed by atoms with Crippen LogP contribution in [0.3, 0.4) is 0 Å². The molecule has 13 heavy (non-hydrogen) atoms. The van der Waals surface area contributed by atoms with E-state index < -0.39 is 0 Å². The fraction of sp³-hybridized carbons (Fsp3) is 1.00. The van der Waals surface area contributed by atoms with Gasteiger partial charge < -0.3 is 15.3 Å². The zero-order valence-electron chi connectivity index (χ0n) is 8.63. The fourth-order valence-corrected chi connectivity index (χ4v) is 1.84. The number of hydrogen-bond acceptors (Lipinski definition) is 3. The quantitative estimate of drug-likeness (QED) is 0.612. The second kappa shape index (κ2) is 6.35. The number of hydrogen-bond donors (Lipinski definition) is 2. The van der Waals surface area contributed by atoms with Gasteiger partial charge in [-0.15, -0.1) is 0 Å². The van der Waals surface area contributed by atoms with Gasteiger partial charge in [-0.1, -0.05) is 6.92 Å². The van der Waals surface area contributed by atoms with Crippen molar-refractivity contribution < 1.29 is 5.11 Å². The van der Waals surface area contributed by atoms with Crippen LogP contribution in [0.15, 0.2) is 0 Å². The number of likely N-dealkylation sites (tertiary alicyclic amines) is 1. The van der Waals surface area contributed by atoms with Gasteiger partial charge in [0.25, 0.3) is 0 Å². The molecule has 1 aliphatic heterocycles. The molecule has 1 aliphatic rings. The Balaban J connectivity index is 2.03. The summed E-state index contributed by atoms with van der Waals surface area (Å²) in [5, 5.41) is 12.1. The highest BCUT2D eigenvalue weighted by molar-refractivity contribution is 4.76. The third kappa shape index (κ3) is 4.07. The number of rotatable bonds is 5. The molecule has 1 fully saturated rings. The van der Waals surface area contributed by atoms with E-state index >= 15 is 0 Å². The SMILES string of the molecule is CCN1CCC(NCCCO)CC1. The summed E-state index contributed by atoms with van der Waals surface area (Å²) in [7, 11) is 0. The van der Waals surface area contributed by atoms with Crippen molar-refractivity contribution >= 4 is 0 Å². The summed E-state index contributed by atoms with van der Waals surface area (Å²) >= 11 is 0. The molecule has 1 saturated heterocycles. The monoisotopic (exact) mass is 186 g/mol. The van der Waals surface area contributed by atoms with Crippen molar-refractivity contribution in [1.82, 2.24) is 10.2 Å². The van der Waals surface area contributed by atoms with Crippen LogP contribution in [0.25, 0.3) is 0 Å². The summed E-state index contributed by atoms with van der Waals surface area (Å²) in [5.41, 5.74) is 0. The molecular formula is C10H22N2O. The van der Waals surface area contributed by atoms with Gasteiger partial charge in [-0.05, 0) is 45.4 Å². The van der Waals surface area contributed by atoms with Crippen molar-refractivity contribution in [2.24, 2.45) is 0 Å². The molecule has 0 aromatic carbocycles. The molecule has 0 saturated carbocycles. The van der Waals surface area contributed by atoms with E-state index in [1.54, 1.807) is 0 Å². The lowest BCUT2D eigenvalue weighted by molar-refractivity contribution is 0.203. The second-order valence-electron chi connectivity index (χ2n) is 3.74. The lowest BCUT2D eigenvalue weighted by Gasteiger charge is -2.31. The standard InChI is InChI=1S/C10H22N2O/c1-2-12-7-4-10(5-8-12)11-6-3-9-13/h10-11,13H,2-9H2,1H3. The van der Waals surface area contributed by atoms with Gasteiger partial charge in [-0.25, -0.2) is 0 Å². The molecular weight excluding hydrogens is 164 g/mol. The predicted octanol–water partition coefficient (Wildman–Crippen LogP) is 0.443. The van der Waals surface area contributed by atoms with E-state index in [-0.39, 0.29) is 0 Å². The van der Waals surface area contributed by atoms with Crippen LogP contribution in [0.4, 0.5) is 0 Å². The first-order valence-electron chi connectivity index (χ1n) is 5.43. The first-order chi connectivity index (χ1) is 6.36. The van der Waals surface area contributed by atoms with Gasteiger partial charge in [0, 0.05) is 12.6 Å². The molecule has 78 valence electrons. The molecule has 0 aliphatic carbocycles. The van der Waals surface area contributed by atoms with Gasteiger partial charge in [0.2, 0.25) is 0 Å². The van der Waals surface area contributed by atoms with Crippen LogP contribution in [-0.2, 0) is 0 Å². The predicted molar refractivity (Wildman–Crippen MR) is 54.8 cm³/mol. The van der Waals surface area contributed by atoms with Crippen LogP contribution >= 0.6 is 0 Å². The molecule has 3 nitrogen and oxygen atoms in total. The molecule has 1 rings (SSSR count). The summed E-state index contributed by atoms with van der Waals surface area (Å²) in [4.78, 5) is 2.49. The summed E-state index contributed by atoms with van der Waals surface area (Å²) in [6.07, 6.45) is 3.41. The lowest BCUT2D eigenvalue weighted by atomic mass is 10.1. The first-order valence-corrected chi connectivity index (χ1v) is 5.43. The lowest BCUT2D eigenvalue weighted by Crippen LogP contribution is -2.42. The molecule has 0 bridgehead atoms. The molecule has 3 heteroatoms. The highest BCUT2D eigenvalue weighted by Gasteiger charge is 2.16. The molecule has 1 heterocycles. The molecule has 0 radical (unpaired) electrons. The van der Waals surface area contributed by atoms with Crippen LogP contribution < -0.4 is 5.32 Å². The minimum Gasteiger partial charge on any atom is -0.396 e. The molecule has 0 atom stereocenters. The maximum absolute atomic E-state index is 8.63. The zero-order valence-corrected chi connectivity index (χ0v) is 8.63. The van der Waals surface area contributed by atoms with E-state index in [1.165, 1.54) is 32.5 Å². The maximum Gasteiger partial charge on any atom is 0.0443 e. The Labute approximate surface area is 81.1 Å². The highest BCUT2D eigenvalue weighted by Crippen LogP contribution is 2.09. The second-order valence-corrected chi connectivity index (χ2v) is 3.74. The van der Waals surface area contributed by atoms with E-state index in [1.807, 2.05) is 0 Å². The average Bonchev–Trinajstić information content (AvgIpc) is 2.19. The van der Waals surface area contributed by atoms with E-state index in [9.17, 15) is 0 Å². The van der Waals surface area contributed by atoms with Gasteiger partial charge in [0.15, 0.2) is 0 Å². The third-order valence-corrected chi connectivity index (χ3v) is 2.80. The number of nitrogens with one attached hydrogen (secondary N) is 1. The van der Waals surface area contributed by atoms with Crippen LogP contribution in [-0.4, -0.2) is 48.8 Å². The van der Waals surface area contributed by atoms with Gasteiger partial charge in [0.1, 0.15) is 0 Å². The van der Waals surface area contributed by atoms with Crippen LogP contribution in [0.2, 0.25) is 0 Å². The van der Waals surface area contributed by atoms with Crippen LogP contribution in [0, 0.1) is 0 Å². The van der Waals surface area contributed by atoms with Crippen molar-refractivity contribution in [1.29, 1.82) is 0 Å². The zero-order chi connectivity index (χ0) is 9.52. The molecule has 0 unspecified atom stereocenters. The third-order valence-electron chi connectivity index (χ3n) is 2.80. The highest BCUT2D eigenvalue weighted by atomic mass is 16.3. The minimum atomic E-state index is 0.306. The summed E-state index contributed by atoms with van der Waals surface area (Å²) in [6.45, 7) is 7.14. The van der Waals surface area contributed by atoms with Gasteiger partial charge >= 0.3 is 0 Å². The van der Waals surface area contributed by atoms with E-state index in [0.717, 1.165) is 13.0 Å². The Morgan fingerprint density at radius 2 is 2.08 bits per heavy atom. The average molecular weight is 186 g/mol. The number of piperidine rings is 1. The Bertz CT molecular complexity index is 119. The summed E-state index contributed by atoms with van der Waals surface area (Å²) in [6, 6.07) is 0.689. The summed E-state index contributed by atoms with van der Waals surface area (Å²) in [5.74, 6) is 0. The Kier molecular flexibility index (Phi) is 5.35. The molecule has 0 aromatic heterocycles. The van der Waals surface area contributed by atoms with E-state index in [4.69, 9.17) is 5.11 Å². The van der Waals surface area contributed by atoms with Crippen LogP contribution in [0.5, 0.6) is 0 Å². The molecule has 0 amide bonds. The van der Waals surface area contributed by atoms with Crippen molar-refractivity contribution in [3.8, 4) is 0 Å². The minimum absolute atomic E-state index is 0.306. The van der Waals surface area contributed by atoms with E-state index in [0.29, 0.717) is 12.6 Å². The van der Waals surface area contributed by atoms with E-state index in [2.05, 4.69) is 17.1 Å². The van der Waals surface area contributed by atoms with Gasteiger partial charge in [-0.3, -0.25) is 0 Å². The summed E-state index contributed by atoms with van der Waals surface area (Å²) < 4.78 is 0. The largest absolute Gasteiger partial charge is 0.396 e. The Hall–Kier alpha value is -0.120. The topological polar surface area (TPSA) is 35.5 Å². The molecule has 0 aromatic rings.